The smallest absolute Gasteiger partial charge is 0.279 e. The molecule has 1 unspecified atom stereocenters. The number of carbonyl (C=O) groups excluding carboxylic acids is 1. The summed E-state index contributed by atoms with van der Waals surface area (Å²) < 4.78 is 10.7. The molecule has 0 saturated heterocycles. The molecule has 1 amide bonds. The first kappa shape index (κ1) is 19.8. The summed E-state index contributed by atoms with van der Waals surface area (Å²) in [4.78, 5) is 13.4. The van der Waals surface area contributed by atoms with Crippen LogP contribution in [-0.2, 0) is 17.8 Å². The third-order valence-electron chi connectivity index (χ3n) is 4.44. The number of carbonyl (C=O) groups is 1. The number of aryl methyl sites for hydroxylation is 2. The number of ether oxygens (including phenoxy) is 2. The van der Waals surface area contributed by atoms with E-state index in [1.807, 2.05) is 50.4 Å². The van der Waals surface area contributed by atoms with Crippen LogP contribution >= 0.6 is 0 Å². The Balaban J connectivity index is 1.97. The number of hydrogen-bond donors (Lipinski definition) is 2. The van der Waals surface area contributed by atoms with Crippen LogP contribution < -0.4 is 19.7 Å². The van der Waals surface area contributed by atoms with Gasteiger partial charge in [0.05, 0.1) is 21.3 Å². The highest BCUT2D eigenvalue weighted by molar-refractivity contribution is 5.91. The van der Waals surface area contributed by atoms with Crippen LogP contribution in [0.4, 0.5) is 5.69 Å². The lowest BCUT2D eigenvalue weighted by Crippen LogP contribution is -3.08. The lowest BCUT2D eigenvalue weighted by molar-refractivity contribution is -0.885. The zero-order valence-electron chi connectivity index (χ0n) is 16.3. The van der Waals surface area contributed by atoms with Crippen LogP contribution in [0.3, 0.4) is 0 Å². The van der Waals surface area contributed by atoms with Crippen molar-refractivity contribution in [2.75, 3.05) is 33.1 Å². The largest absolute Gasteiger partial charge is 0.493 e. The van der Waals surface area contributed by atoms with Gasteiger partial charge in [0.2, 0.25) is 0 Å². The lowest BCUT2D eigenvalue weighted by Gasteiger charge is -2.17. The fourth-order valence-electron chi connectivity index (χ4n) is 2.90. The molecule has 2 aromatic carbocycles. The van der Waals surface area contributed by atoms with Crippen molar-refractivity contribution in [1.82, 2.24) is 0 Å². The SMILES string of the molecule is CCc1ccc(NC(=O)C[NH+](C)Cc2cc(OC)c(OC)cc2C)cc1. The maximum atomic E-state index is 12.3. The minimum Gasteiger partial charge on any atom is -0.493 e. The van der Waals surface area contributed by atoms with E-state index in [0.29, 0.717) is 12.3 Å². The number of anilines is 1. The van der Waals surface area contributed by atoms with Gasteiger partial charge in [0.15, 0.2) is 18.0 Å². The predicted octanol–water partition coefficient (Wildman–Crippen LogP) is 2.23. The van der Waals surface area contributed by atoms with Gasteiger partial charge in [0, 0.05) is 11.3 Å². The Kier molecular flexibility index (Phi) is 7.04. The van der Waals surface area contributed by atoms with Gasteiger partial charge >= 0.3 is 0 Å². The van der Waals surface area contributed by atoms with E-state index >= 15 is 0 Å². The van der Waals surface area contributed by atoms with Gasteiger partial charge in [-0.25, -0.2) is 0 Å². The third kappa shape index (κ3) is 5.23. The molecule has 0 aliphatic heterocycles. The number of likely N-dealkylation sites (N-methyl/N-ethyl adjacent to an activating group) is 1. The van der Waals surface area contributed by atoms with Gasteiger partial charge in [0.1, 0.15) is 6.54 Å². The van der Waals surface area contributed by atoms with Crippen molar-refractivity contribution in [3.05, 3.63) is 53.1 Å². The van der Waals surface area contributed by atoms with E-state index in [9.17, 15) is 4.79 Å². The molecule has 140 valence electrons. The summed E-state index contributed by atoms with van der Waals surface area (Å²) in [6.45, 7) is 5.28. The van der Waals surface area contributed by atoms with Crippen LogP contribution in [-0.4, -0.2) is 33.7 Å². The molecule has 0 radical (unpaired) electrons. The number of quaternary nitrogens is 1. The first-order valence-electron chi connectivity index (χ1n) is 8.88. The summed E-state index contributed by atoms with van der Waals surface area (Å²) in [6.07, 6.45) is 0.992. The summed E-state index contributed by atoms with van der Waals surface area (Å²) in [5.74, 6) is 1.44. The van der Waals surface area contributed by atoms with Gasteiger partial charge in [-0.05, 0) is 48.7 Å². The van der Waals surface area contributed by atoms with E-state index in [1.54, 1.807) is 14.2 Å². The Labute approximate surface area is 155 Å². The minimum absolute atomic E-state index is 0.00452. The quantitative estimate of drug-likeness (QED) is 0.762. The second-order valence-corrected chi connectivity index (χ2v) is 6.54. The van der Waals surface area contributed by atoms with Crippen molar-refractivity contribution in [3.63, 3.8) is 0 Å². The van der Waals surface area contributed by atoms with E-state index < -0.39 is 0 Å². The Morgan fingerprint density at radius 3 is 2.27 bits per heavy atom. The molecule has 2 N–H and O–H groups in total. The van der Waals surface area contributed by atoms with E-state index in [4.69, 9.17) is 9.47 Å². The molecule has 26 heavy (non-hydrogen) atoms. The van der Waals surface area contributed by atoms with Crippen LogP contribution in [0, 0.1) is 6.92 Å². The zero-order chi connectivity index (χ0) is 19.1. The molecular formula is C21H29N2O3+. The molecular weight excluding hydrogens is 328 g/mol. The number of hydrogen-bond acceptors (Lipinski definition) is 3. The number of nitrogens with one attached hydrogen (secondary N) is 2. The number of benzene rings is 2. The van der Waals surface area contributed by atoms with Gasteiger partial charge < -0.3 is 19.7 Å². The predicted molar refractivity (Wildman–Crippen MR) is 104 cm³/mol. The highest BCUT2D eigenvalue weighted by Crippen LogP contribution is 2.29. The van der Waals surface area contributed by atoms with Crippen molar-refractivity contribution >= 4 is 11.6 Å². The summed E-state index contributed by atoms with van der Waals surface area (Å²) >= 11 is 0. The van der Waals surface area contributed by atoms with Crippen LogP contribution in [0.25, 0.3) is 0 Å². The van der Waals surface area contributed by atoms with Crippen molar-refractivity contribution < 1.29 is 19.2 Å². The van der Waals surface area contributed by atoms with Crippen molar-refractivity contribution in [2.24, 2.45) is 0 Å². The minimum atomic E-state index is 0.00452. The second-order valence-electron chi connectivity index (χ2n) is 6.54. The molecule has 0 aromatic heterocycles. The molecule has 2 rings (SSSR count). The van der Waals surface area contributed by atoms with Crippen LogP contribution in [0.15, 0.2) is 36.4 Å². The first-order chi connectivity index (χ1) is 12.5. The van der Waals surface area contributed by atoms with E-state index in [1.165, 1.54) is 5.56 Å². The van der Waals surface area contributed by atoms with Gasteiger partial charge in [0.25, 0.3) is 5.91 Å². The van der Waals surface area contributed by atoms with Crippen LogP contribution in [0.1, 0.15) is 23.6 Å². The van der Waals surface area contributed by atoms with Crippen molar-refractivity contribution in [1.29, 1.82) is 0 Å². The van der Waals surface area contributed by atoms with E-state index in [2.05, 4.69) is 12.2 Å². The molecule has 0 aliphatic carbocycles. The molecule has 0 fully saturated rings. The lowest BCUT2D eigenvalue weighted by atomic mass is 10.1. The summed E-state index contributed by atoms with van der Waals surface area (Å²) in [5.41, 5.74) is 4.36. The topological polar surface area (TPSA) is 52.0 Å². The highest BCUT2D eigenvalue weighted by atomic mass is 16.5. The number of methoxy groups -OCH3 is 2. The van der Waals surface area contributed by atoms with Crippen LogP contribution in [0.5, 0.6) is 11.5 Å². The normalized spacial score (nSPS) is 11.7. The Bertz CT molecular complexity index is 742. The monoisotopic (exact) mass is 357 g/mol. The molecule has 1 atom stereocenters. The highest BCUT2D eigenvalue weighted by Gasteiger charge is 2.15. The first-order valence-corrected chi connectivity index (χ1v) is 8.88. The van der Waals surface area contributed by atoms with Crippen LogP contribution in [0.2, 0.25) is 0 Å². The average molecular weight is 357 g/mol. The molecule has 5 nitrogen and oxygen atoms in total. The molecule has 2 aromatic rings. The standard InChI is InChI=1S/C21H28N2O3/c1-6-16-7-9-18(10-8-16)22-21(24)14-23(3)13-17-12-20(26-5)19(25-4)11-15(17)2/h7-12H,6,13-14H2,1-5H3,(H,22,24)/p+1. The zero-order valence-corrected chi connectivity index (χ0v) is 16.3. The maximum Gasteiger partial charge on any atom is 0.279 e. The number of rotatable bonds is 8. The van der Waals surface area contributed by atoms with Gasteiger partial charge in [-0.2, -0.15) is 0 Å². The van der Waals surface area contributed by atoms with E-state index in [0.717, 1.165) is 40.4 Å². The van der Waals surface area contributed by atoms with Crippen molar-refractivity contribution in [2.45, 2.75) is 26.8 Å². The van der Waals surface area contributed by atoms with Gasteiger partial charge in [-0.1, -0.05) is 19.1 Å². The second kappa shape index (κ2) is 9.25. The summed E-state index contributed by atoms with van der Waals surface area (Å²) in [6, 6.07) is 11.9. The Hall–Kier alpha value is -2.53. The molecule has 0 bridgehead atoms. The fraction of sp³-hybridized carbons (Fsp3) is 0.381. The molecule has 5 heteroatoms. The fourth-order valence-corrected chi connectivity index (χ4v) is 2.90. The molecule has 0 aliphatic rings. The molecule has 0 heterocycles. The summed E-state index contributed by atoms with van der Waals surface area (Å²) in [7, 11) is 5.27. The third-order valence-corrected chi connectivity index (χ3v) is 4.44. The average Bonchev–Trinajstić information content (AvgIpc) is 2.63. The van der Waals surface area contributed by atoms with E-state index in [-0.39, 0.29) is 5.91 Å². The van der Waals surface area contributed by atoms with Gasteiger partial charge in [-0.3, -0.25) is 4.79 Å². The Morgan fingerprint density at radius 1 is 1.08 bits per heavy atom. The van der Waals surface area contributed by atoms with Gasteiger partial charge in [-0.15, -0.1) is 0 Å². The number of amides is 1. The van der Waals surface area contributed by atoms with Crippen molar-refractivity contribution in [3.8, 4) is 11.5 Å². The Morgan fingerprint density at radius 2 is 1.69 bits per heavy atom. The molecule has 0 saturated carbocycles. The molecule has 0 spiro atoms. The maximum absolute atomic E-state index is 12.3. The summed E-state index contributed by atoms with van der Waals surface area (Å²) in [5, 5.41) is 2.96.